The zero-order chi connectivity index (χ0) is 21.9. The number of nitrogens with zero attached hydrogens (tertiary/aromatic N) is 2. The molecule has 2 aliphatic heterocycles. The summed E-state index contributed by atoms with van der Waals surface area (Å²) in [5, 5.41) is 0. The second-order valence-electron chi connectivity index (χ2n) is 6.83. The zero-order valence-corrected chi connectivity index (χ0v) is 18.6. The fourth-order valence-electron chi connectivity index (χ4n) is 3.50. The first-order chi connectivity index (χ1) is 14.3. The molecule has 0 atom stereocenters. The van der Waals surface area contributed by atoms with Gasteiger partial charge in [-0.2, -0.15) is 4.31 Å². The maximum Gasteiger partial charge on any atom is 0.414 e. The van der Waals surface area contributed by atoms with Crippen LogP contribution >= 0.6 is 15.9 Å². The zero-order valence-electron chi connectivity index (χ0n) is 16.2. The Bertz CT molecular complexity index is 1020. The molecule has 0 N–H and O–H groups in total. The van der Waals surface area contributed by atoms with Crippen molar-refractivity contribution in [3.8, 4) is 0 Å². The number of carbonyl (C=O) groups excluding carboxylic acids is 1. The lowest BCUT2D eigenvalue weighted by molar-refractivity contribution is 0.136. The number of ether oxygens (including phenoxy) is 1. The maximum absolute atomic E-state index is 14.0. The van der Waals surface area contributed by atoms with Crippen LogP contribution in [0.15, 0.2) is 58.0 Å². The van der Waals surface area contributed by atoms with Crippen LogP contribution in [0.3, 0.4) is 0 Å². The van der Waals surface area contributed by atoms with Crippen LogP contribution in [0.2, 0.25) is 0 Å². The van der Waals surface area contributed by atoms with Crippen LogP contribution in [0, 0.1) is 0 Å². The van der Waals surface area contributed by atoms with Crippen LogP contribution in [0.25, 0.3) is 0 Å². The summed E-state index contributed by atoms with van der Waals surface area (Å²) in [6.07, 6.45) is 2.12. The average Bonchev–Trinajstić information content (AvgIpc) is 2.76. The van der Waals surface area contributed by atoms with Gasteiger partial charge in [-0.1, -0.05) is 24.3 Å². The van der Waals surface area contributed by atoms with Crippen LogP contribution < -0.4 is 4.90 Å². The van der Waals surface area contributed by atoms with E-state index in [2.05, 4.69) is 15.9 Å². The number of cyclic esters (lactones) is 1. The number of sulfonamides is 1. The van der Waals surface area contributed by atoms with Gasteiger partial charge in [0.25, 0.3) is 0 Å². The third-order valence-electron chi connectivity index (χ3n) is 5.08. The number of hydrogen-bond donors (Lipinski definition) is 0. The van der Waals surface area contributed by atoms with Gasteiger partial charge in [-0.3, -0.25) is 4.90 Å². The van der Waals surface area contributed by atoms with Gasteiger partial charge in [-0.25, -0.2) is 22.0 Å². The second-order valence-corrected chi connectivity index (χ2v) is 9.62. The summed E-state index contributed by atoms with van der Waals surface area (Å²) in [4.78, 5) is 13.1. The highest BCUT2D eigenvalue weighted by Gasteiger charge is 2.37. The minimum atomic E-state index is -4.22. The molecular weight excluding hydrogens is 482 g/mol. The SMILES string of the molecule is C\C=C(Br)/C(F)=C\C(=C\F)S(=O)(=O)N1CCC(N2C(=O)OCc3ccccc32)CC1. The molecular formula is C20H21BrF2N2O4S. The first-order valence-corrected chi connectivity index (χ1v) is 11.6. The number of para-hydroxylation sites is 1. The predicted molar refractivity (Wildman–Crippen MR) is 114 cm³/mol. The van der Waals surface area contributed by atoms with Crippen molar-refractivity contribution in [3.63, 3.8) is 0 Å². The molecule has 2 aliphatic rings. The summed E-state index contributed by atoms with van der Waals surface area (Å²) in [7, 11) is -4.22. The van der Waals surface area contributed by atoms with E-state index in [1.54, 1.807) is 11.8 Å². The molecule has 1 saturated heterocycles. The van der Waals surface area contributed by atoms with Crippen molar-refractivity contribution in [2.24, 2.45) is 0 Å². The van der Waals surface area contributed by atoms with Gasteiger partial charge in [0.05, 0.1) is 5.69 Å². The highest BCUT2D eigenvalue weighted by molar-refractivity contribution is 9.11. The van der Waals surface area contributed by atoms with Gasteiger partial charge in [0.1, 0.15) is 23.7 Å². The summed E-state index contributed by atoms with van der Waals surface area (Å²) >= 11 is 2.94. The molecule has 2 heterocycles. The highest BCUT2D eigenvalue weighted by Crippen LogP contribution is 2.33. The Hall–Kier alpha value is -2.04. The molecule has 1 fully saturated rings. The summed E-state index contributed by atoms with van der Waals surface area (Å²) in [5.74, 6) is -0.896. The fourth-order valence-corrected chi connectivity index (χ4v) is 4.97. The lowest BCUT2D eigenvalue weighted by atomic mass is 10.0. The van der Waals surface area contributed by atoms with Crippen LogP contribution in [0.5, 0.6) is 0 Å². The molecule has 0 saturated carbocycles. The van der Waals surface area contributed by atoms with E-state index < -0.39 is 26.8 Å². The minimum Gasteiger partial charge on any atom is -0.444 e. The Morgan fingerprint density at radius 1 is 1.27 bits per heavy atom. The molecule has 0 aliphatic carbocycles. The van der Waals surface area contributed by atoms with Crippen molar-refractivity contribution in [2.45, 2.75) is 32.4 Å². The number of allylic oxidation sites excluding steroid dienone is 4. The monoisotopic (exact) mass is 502 g/mol. The van der Waals surface area contributed by atoms with Gasteiger partial charge in [-0.05, 0) is 47.8 Å². The second kappa shape index (κ2) is 9.40. The van der Waals surface area contributed by atoms with Gasteiger partial charge in [0.2, 0.25) is 10.0 Å². The molecule has 0 radical (unpaired) electrons. The summed E-state index contributed by atoms with van der Waals surface area (Å²) < 4.78 is 59.3. The maximum atomic E-state index is 14.0. The molecule has 1 aromatic carbocycles. The van der Waals surface area contributed by atoms with Crippen molar-refractivity contribution >= 4 is 37.7 Å². The Labute approximate surface area is 182 Å². The van der Waals surface area contributed by atoms with Crippen molar-refractivity contribution in [2.75, 3.05) is 18.0 Å². The Kier molecular flexibility index (Phi) is 7.10. The summed E-state index contributed by atoms with van der Waals surface area (Å²) in [6, 6.07) is 7.13. The molecule has 30 heavy (non-hydrogen) atoms. The largest absolute Gasteiger partial charge is 0.444 e. The number of carbonyl (C=O) groups is 1. The Morgan fingerprint density at radius 3 is 2.57 bits per heavy atom. The van der Waals surface area contributed by atoms with E-state index in [1.807, 2.05) is 24.3 Å². The van der Waals surface area contributed by atoms with E-state index in [0.29, 0.717) is 18.9 Å². The standard InChI is InChI=1S/C20H21BrF2N2O4S/c1-2-17(21)18(23)11-16(12-22)30(27,28)24-9-7-15(8-10-24)25-19-6-4-3-5-14(19)13-29-20(25)26/h2-6,11-12,15H,7-10,13H2,1H3/b16-12-,17-2+,18-11+. The third-order valence-corrected chi connectivity index (χ3v) is 7.77. The topological polar surface area (TPSA) is 66.9 Å². The number of benzene rings is 1. The third kappa shape index (κ3) is 4.50. The number of halogens is 3. The van der Waals surface area contributed by atoms with E-state index in [4.69, 9.17) is 4.74 Å². The van der Waals surface area contributed by atoms with Crippen LogP contribution in [0.4, 0.5) is 19.3 Å². The van der Waals surface area contributed by atoms with E-state index >= 15 is 0 Å². The van der Waals surface area contributed by atoms with Crippen LogP contribution in [-0.2, 0) is 21.4 Å². The van der Waals surface area contributed by atoms with E-state index in [-0.39, 0.29) is 36.6 Å². The molecule has 0 aromatic heterocycles. The average molecular weight is 503 g/mol. The van der Waals surface area contributed by atoms with Crippen molar-refractivity contribution in [3.05, 3.63) is 63.5 Å². The molecule has 162 valence electrons. The van der Waals surface area contributed by atoms with Crippen molar-refractivity contribution in [1.82, 2.24) is 4.31 Å². The highest BCUT2D eigenvalue weighted by atomic mass is 79.9. The van der Waals surface area contributed by atoms with Crippen molar-refractivity contribution < 1.29 is 26.7 Å². The molecule has 0 bridgehead atoms. The molecule has 6 nitrogen and oxygen atoms in total. The van der Waals surface area contributed by atoms with Gasteiger partial charge in [0, 0.05) is 29.2 Å². The smallest absolute Gasteiger partial charge is 0.414 e. The van der Waals surface area contributed by atoms with E-state index in [1.165, 1.54) is 6.08 Å². The summed E-state index contributed by atoms with van der Waals surface area (Å²) in [5.41, 5.74) is 1.63. The number of piperidine rings is 1. The van der Waals surface area contributed by atoms with Gasteiger partial charge in [-0.15, -0.1) is 0 Å². The quantitative estimate of drug-likeness (QED) is 0.537. The molecule has 3 rings (SSSR count). The lowest BCUT2D eigenvalue weighted by Gasteiger charge is -2.39. The van der Waals surface area contributed by atoms with Gasteiger partial charge >= 0.3 is 6.09 Å². The first-order valence-electron chi connectivity index (χ1n) is 9.33. The van der Waals surface area contributed by atoms with Crippen LogP contribution in [0.1, 0.15) is 25.3 Å². The van der Waals surface area contributed by atoms with Gasteiger partial charge in [0.15, 0.2) is 0 Å². The van der Waals surface area contributed by atoms with Crippen LogP contribution in [-0.4, -0.2) is 37.9 Å². The number of anilines is 1. The molecule has 1 aromatic rings. The number of fused-ring (bicyclic) bond motifs is 1. The Morgan fingerprint density at radius 2 is 1.93 bits per heavy atom. The Balaban J connectivity index is 1.76. The first kappa shape index (κ1) is 22.6. The number of rotatable bonds is 5. The minimum absolute atomic E-state index is 0.0260. The molecule has 10 heteroatoms. The van der Waals surface area contributed by atoms with Crippen molar-refractivity contribution in [1.29, 1.82) is 0 Å². The lowest BCUT2D eigenvalue weighted by Crippen LogP contribution is -2.50. The fraction of sp³-hybridized carbons (Fsp3) is 0.350. The number of amides is 1. The normalized spacial score (nSPS) is 20.2. The predicted octanol–water partition coefficient (Wildman–Crippen LogP) is 4.90. The summed E-state index contributed by atoms with van der Waals surface area (Å²) in [6.45, 7) is 1.88. The number of hydrogen-bond acceptors (Lipinski definition) is 4. The van der Waals surface area contributed by atoms with E-state index in [0.717, 1.165) is 15.6 Å². The molecule has 1 amide bonds. The van der Waals surface area contributed by atoms with Gasteiger partial charge < -0.3 is 4.74 Å². The molecule has 0 spiro atoms. The molecule has 0 unspecified atom stereocenters. The van der Waals surface area contributed by atoms with E-state index in [9.17, 15) is 22.0 Å².